The van der Waals surface area contributed by atoms with Crippen molar-refractivity contribution >= 4 is 31.5 Å². The minimum atomic E-state index is 0.801. The number of ether oxygens (including phenoxy) is 1. The van der Waals surface area contributed by atoms with E-state index < -0.39 is 0 Å². The molecule has 0 aliphatic carbocycles. The number of benzene rings is 1. The van der Waals surface area contributed by atoms with Crippen LogP contribution in [0, 0.1) is 0 Å². The molecule has 0 fully saturated rings. The fourth-order valence-corrected chi connectivity index (χ4v) is 2.11. The minimum absolute atomic E-state index is 0.801. The van der Waals surface area contributed by atoms with E-state index in [-0.39, 0.29) is 0 Å². The van der Waals surface area contributed by atoms with E-state index in [1.54, 1.807) is 26.5 Å². The first-order valence-electron chi connectivity index (χ1n) is 5.26. The lowest BCUT2D eigenvalue weighted by Gasteiger charge is -2.06. The van der Waals surface area contributed by atoms with Crippen molar-refractivity contribution in [2.24, 2.45) is 0 Å². The van der Waals surface area contributed by atoms with Gasteiger partial charge >= 0.3 is 8.05 Å². The summed E-state index contributed by atoms with van der Waals surface area (Å²) in [6.45, 7) is 0. The second-order valence-electron chi connectivity index (χ2n) is 3.49. The molecule has 0 aliphatic heterocycles. The second-order valence-corrected chi connectivity index (χ2v) is 4.47. The third-order valence-electron chi connectivity index (χ3n) is 2.36. The van der Waals surface area contributed by atoms with Gasteiger partial charge in [-0.15, -0.1) is 11.3 Å². The second kappa shape index (κ2) is 5.59. The van der Waals surface area contributed by atoms with Crippen molar-refractivity contribution in [3.63, 3.8) is 0 Å². The first-order chi connectivity index (χ1) is 8.31. The summed E-state index contributed by atoms with van der Waals surface area (Å²) in [4.78, 5) is 1.23. The number of hydrogen-bond acceptors (Lipinski definition) is 3. The molecule has 0 saturated heterocycles. The van der Waals surface area contributed by atoms with E-state index in [0.29, 0.717) is 0 Å². The average Bonchev–Trinajstić information content (AvgIpc) is 2.89. The molecule has 1 heterocycles. The van der Waals surface area contributed by atoms with E-state index in [1.165, 1.54) is 4.88 Å². The Kier molecular flexibility index (Phi) is 3.88. The lowest BCUT2D eigenvalue weighted by Crippen LogP contribution is -1.89. The minimum Gasteiger partial charge on any atom is -0.568 e. The highest BCUT2D eigenvalue weighted by molar-refractivity contribution is 7.10. The van der Waals surface area contributed by atoms with Crippen molar-refractivity contribution < 1.29 is 9.39 Å². The van der Waals surface area contributed by atoms with Crippen LogP contribution in [0.15, 0.2) is 35.7 Å². The van der Waals surface area contributed by atoms with Gasteiger partial charge in [0.05, 0.1) is 7.11 Å². The Morgan fingerprint density at radius 2 is 2.00 bits per heavy atom. The Hall–Kier alpha value is -1.68. The molecule has 0 bridgehead atoms. The van der Waals surface area contributed by atoms with E-state index in [4.69, 9.17) is 9.39 Å². The summed E-state index contributed by atoms with van der Waals surface area (Å²) in [6.07, 6.45) is 4.13. The molecule has 0 spiro atoms. The highest BCUT2D eigenvalue weighted by Crippen LogP contribution is 2.24. The molecule has 0 amide bonds. The third-order valence-corrected chi connectivity index (χ3v) is 3.19. The number of methoxy groups -OCH3 is 1. The molecule has 2 nitrogen and oxygen atoms in total. The normalized spacial score (nSPS) is 10.6. The quantitative estimate of drug-likeness (QED) is 0.770. The largest absolute Gasteiger partial charge is 0.568 e. The van der Waals surface area contributed by atoms with Crippen LogP contribution in [0.4, 0.5) is 0 Å². The average molecular weight is 244 g/mol. The van der Waals surface area contributed by atoms with Gasteiger partial charge in [-0.2, -0.15) is 0 Å². The van der Waals surface area contributed by atoms with Crippen molar-refractivity contribution in [1.82, 2.24) is 0 Å². The van der Waals surface area contributed by atoms with Gasteiger partial charge < -0.3 is 9.39 Å². The smallest absolute Gasteiger partial charge is 0.322 e. The Labute approximate surface area is 106 Å². The first kappa shape index (κ1) is 11.8. The van der Waals surface area contributed by atoms with Gasteiger partial charge in [-0.25, -0.2) is 0 Å². The summed E-state index contributed by atoms with van der Waals surface area (Å²) >= 11 is 1.71. The lowest BCUT2D eigenvalue weighted by molar-refractivity contribution is 0.412. The van der Waals surface area contributed by atoms with Crippen LogP contribution < -0.4 is 9.39 Å². The molecule has 0 radical (unpaired) electrons. The summed E-state index contributed by atoms with van der Waals surface area (Å²) < 4.78 is 10.4. The molecule has 0 N–H and O–H groups in total. The van der Waals surface area contributed by atoms with Crippen LogP contribution in [0.3, 0.4) is 0 Å². The highest BCUT2D eigenvalue weighted by Gasteiger charge is 1.98. The summed E-state index contributed by atoms with van der Waals surface area (Å²) in [6, 6.07) is 9.94. The Bertz CT molecular complexity index is 484. The van der Waals surface area contributed by atoms with Gasteiger partial charge in [0.2, 0.25) is 0 Å². The Morgan fingerprint density at radius 1 is 1.18 bits per heavy atom. The van der Waals surface area contributed by atoms with Gasteiger partial charge in [0.1, 0.15) is 11.5 Å². The zero-order valence-electron chi connectivity index (χ0n) is 9.84. The highest BCUT2D eigenvalue weighted by atomic mass is 32.1. The van der Waals surface area contributed by atoms with Gasteiger partial charge in [0.15, 0.2) is 0 Å². The predicted octanol–water partition coefficient (Wildman–Crippen LogP) is 2.85. The summed E-state index contributed by atoms with van der Waals surface area (Å²) in [5.41, 5.74) is 1.06. The van der Waals surface area contributed by atoms with E-state index in [2.05, 4.69) is 23.6 Å². The van der Waals surface area contributed by atoms with E-state index >= 15 is 0 Å². The maximum Gasteiger partial charge on any atom is 0.322 e. The molecule has 2 aromatic rings. The standard InChI is InChI=1S/C13H13BO2S/c1-15-11-7-10(8-12(9-11)16-14)4-5-13-3-2-6-17-13/h2-9H,14H2,1H3/b5-4+. The van der Waals surface area contributed by atoms with Crippen molar-refractivity contribution in [2.45, 2.75) is 0 Å². The van der Waals surface area contributed by atoms with Gasteiger partial charge in [-0.3, -0.25) is 0 Å². The molecule has 0 atom stereocenters. The van der Waals surface area contributed by atoms with Gasteiger partial charge in [0.25, 0.3) is 0 Å². The first-order valence-corrected chi connectivity index (χ1v) is 6.14. The van der Waals surface area contributed by atoms with E-state index in [9.17, 15) is 0 Å². The molecule has 4 heteroatoms. The molecule has 0 aliphatic rings. The van der Waals surface area contributed by atoms with Gasteiger partial charge in [-0.1, -0.05) is 12.1 Å². The van der Waals surface area contributed by atoms with Crippen LogP contribution >= 0.6 is 11.3 Å². The molecule has 0 saturated carbocycles. The Morgan fingerprint density at radius 3 is 2.65 bits per heavy atom. The maximum absolute atomic E-state index is 5.22. The SMILES string of the molecule is BOc1cc(/C=C/c2cccs2)cc(OC)c1. The molecule has 2 rings (SSSR count). The molecule has 0 unspecified atom stereocenters. The number of hydrogen-bond donors (Lipinski definition) is 0. The molecular weight excluding hydrogens is 231 g/mol. The summed E-state index contributed by atoms with van der Waals surface area (Å²) in [7, 11) is 3.31. The molecule has 17 heavy (non-hydrogen) atoms. The van der Waals surface area contributed by atoms with Crippen molar-refractivity contribution in [2.75, 3.05) is 7.11 Å². The number of thiophene rings is 1. The molecule has 1 aromatic carbocycles. The fraction of sp³-hybridized carbons (Fsp3) is 0.0769. The summed E-state index contributed by atoms with van der Waals surface area (Å²) in [5, 5.41) is 2.06. The fourth-order valence-electron chi connectivity index (χ4n) is 1.49. The monoisotopic (exact) mass is 244 g/mol. The lowest BCUT2D eigenvalue weighted by atomic mass is 10.1. The predicted molar refractivity (Wildman–Crippen MR) is 75.4 cm³/mol. The molecule has 1 aromatic heterocycles. The molecular formula is C13H13BO2S. The van der Waals surface area contributed by atoms with Gasteiger partial charge in [-0.05, 0) is 35.2 Å². The third kappa shape index (κ3) is 3.14. The van der Waals surface area contributed by atoms with Crippen LogP contribution in [0.1, 0.15) is 10.4 Å². The van der Waals surface area contributed by atoms with Crippen LogP contribution in [-0.2, 0) is 0 Å². The van der Waals surface area contributed by atoms with Crippen molar-refractivity contribution in [3.8, 4) is 11.5 Å². The molecule has 86 valence electrons. The summed E-state index contributed by atoms with van der Waals surface area (Å²) in [5.74, 6) is 1.60. The Balaban J connectivity index is 2.25. The zero-order valence-corrected chi connectivity index (χ0v) is 10.7. The van der Waals surface area contributed by atoms with Gasteiger partial charge in [0, 0.05) is 10.9 Å². The van der Waals surface area contributed by atoms with Crippen LogP contribution in [0.25, 0.3) is 12.2 Å². The zero-order chi connectivity index (χ0) is 12.1. The van der Waals surface area contributed by atoms with Crippen molar-refractivity contribution in [1.29, 1.82) is 0 Å². The van der Waals surface area contributed by atoms with Crippen molar-refractivity contribution in [3.05, 3.63) is 46.2 Å². The van der Waals surface area contributed by atoms with Crippen LogP contribution in [0.5, 0.6) is 11.5 Å². The van der Waals surface area contributed by atoms with Crippen LogP contribution in [-0.4, -0.2) is 15.2 Å². The number of rotatable bonds is 4. The van der Waals surface area contributed by atoms with E-state index in [1.807, 2.05) is 24.3 Å². The van der Waals surface area contributed by atoms with Crippen LogP contribution in [0.2, 0.25) is 0 Å². The topological polar surface area (TPSA) is 18.5 Å². The maximum atomic E-state index is 5.22. The van der Waals surface area contributed by atoms with E-state index in [0.717, 1.165) is 17.1 Å².